The average Bonchev–Trinajstić information content (AvgIpc) is 3.43. The van der Waals surface area contributed by atoms with Crippen LogP contribution in [0, 0.1) is 0 Å². The fourth-order valence-electron chi connectivity index (χ4n) is 4.87. The van der Waals surface area contributed by atoms with Gasteiger partial charge in [-0.1, -0.05) is 6.07 Å². The Kier molecular flexibility index (Phi) is 4.29. The van der Waals surface area contributed by atoms with Crippen LogP contribution >= 0.6 is 0 Å². The first-order valence-corrected chi connectivity index (χ1v) is 10.3. The Bertz CT molecular complexity index is 923. The normalized spacial score (nSPS) is 27.9. The molecule has 29 heavy (non-hydrogen) atoms. The molecule has 1 aromatic carbocycles. The predicted octanol–water partition coefficient (Wildman–Crippen LogP) is 0.462. The zero-order chi connectivity index (χ0) is 20.2. The molecule has 3 aliphatic heterocycles. The van der Waals surface area contributed by atoms with Gasteiger partial charge in [-0.3, -0.25) is 29.4 Å². The molecular formula is C21H24N4O4. The van der Waals surface area contributed by atoms with Crippen LogP contribution in [0.15, 0.2) is 18.2 Å². The van der Waals surface area contributed by atoms with E-state index in [1.807, 2.05) is 6.07 Å². The molecule has 8 nitrogen and oxygen atoms in total. The lowest BCUT2D eigenvalue weighted by atomic mass is 9.95. The van der Waals surface area contributed by atoms with Crippen LogP contribution in [0.1, 0.15) is 64.8 Å². The number of benzene rings is 1. The van der Waals surface area contributed by atoms with Gasteiger partial charge in [-0.15, -0.1) is 0 Å². The number of carbonyl (C=O) groups excluding carboxylic acids is 4. The molecule has 3 heterocycles. The van der Waals surface area contributed by atoms with Gasteiger partial charge in [0.05, 0.1) is 11.1 Å². The molecule has 1 aliphatic carbocycles. The van der Waals surface area contributed by atoms with E-state index in [9.17, 15) is 19.2 Å². The van der Waals surface area contributed by atoms with Crippen molar-refractivity contribution in [1.82, 2.24) is 20.9 Å². The Labute approximate surface area is 168 Å². The molecule has 3 fully saturated rings. The van der Waals surface area contributed by atoms with Crippen LogP contribution in [0.2, 0.25) is 0 Å². The van der Waals surface area contributed by atoms with Gasteiger partial charge < -0.3 is 10.6 Å². The highest BCUT2D eigenvalue weighted by Gasteiger charge is 2.50. The van der Waals surface area contributed by atoms with Crippen LogP contribution < -0.4 is 16.0 Å². The molecule has 3 N–H and O–H groups in total. The lowest BCUT2D eigenvalue weighted by Gasteiger charge is -2.33. The van der Waals surface area contributed by atoms with E-state index in [0.717, 1.165) is 29.8 Å². The molecule has 0 aromatic heterocycles. The van der Waals surface area contributed by atoms with E-state index in [2.05, 4.69) is 16.0 Å². The van der Waals surface area contributed by atoms with Crippen molar-refractivity contribution in [3.8, 4) is 0 Å². The molecule has 0 radical (unpaired) electrons. The maximum Gasteiger partial charge on any atom is 0.262 e. The van der Waals surface area contributed by atoms with Crippen molar-refractivity contribution in [3.05, 3.63) is 34.9 Å². The zero-order valence-electron chi connectivity index (χ0n) is 16.1. The van der Waals surface area contributed by atoms with Gasteiger partial charge in [0.15, 0.2) is 0 Å². The average molecular weight is 396 g/mol. The Morgan fingerprint density at radius 1 is 1.07 bits per heavy atom. The second-order valence-electron chi connectivity index (χ2n) is 8.49. The number of amides is 4. The summed E-state index contributed by atoms with van der Waals surface area (Å²) in [6.45, 7) is 1.70. The number of nitrogens with zero attached hydrogens (tertiary/aromatic N) is 1. The standard InChI is InChI=1S/C21H24N4O4/c26-17-6-5-15(18(27)24-17)25-19(28)13-4-3-12(10-14(13)20(25)29)11-22-16-2-1-9-23-21(16)7-8-21/h3-4,10,15-16,22-23H,1-2,5-9,11H2,(H,24,26,27). The fourth-order valence-corrected chi connectivity index (χ4v) is 4.87. The van der Waals surface area contributed by atoms with Crippen molar-refractivity contribution in [2.75, 3.05) is 6.54 Å². The number of carbonyl (C=O) groups is 4. The van der Waals surface area contributed by atoms with E-state index in [-0.39, 0.29) is 24.3 Å². The summed E-state index contributed by atoms with van der Waals surface area (Å²) < 4.78 is 0. The third-order valence-corrected chi connectivity index (χ3v) is 6.66. The van der Waals surface area contributed by atoms with E-state index in [0.29, 0.717) is 23.7 Å². The van der Waals surface area contributed by atoms with Crippen LogP contribution in [0.3, 0.4) is 0 Å². The zero-order valence-corrected chi connectivity index (χ0v) is 16.1. The Morgan fingerprint density at radius 3 is 2.62 bits per heavy atom. The quantitative estimate of drug-likeness (QED) is 0.639. The second-order valence-corrected chi connectivity index (χ2v) is 8.49. The van der Waals surface area contributed by atoms with Crippen molar-refractivity contribution < 1.29 is 19.2 Å². The molecule has 1 spiro atoms. The van der Waals surface area contributed by atoms with Gasteiger partial charge in [-0.2, -0.15) is 0 Å². The monoisotopic (exact) mass is 396 g/mol. The lowest BCUT2D eigenvalue weighted by Crippen LogP contribution is -2.54. The summed E-state index contributed by atoms with van der Waals surface area (Å²) in [5, 5.41) is 9.47. The van der Waals surface area contributed by atoms with Crippen molar-refractivity contribution in [2.45, 2.75) is 62.7 Å². The summed E-state index contributed by atoms with van der Waals surface area (Å²) in [6.07, 6.45) is 4.97. The van der Waals surface area contributed by atoms with E-state index in [1.165, 1.54) is 12.8 Å². The van der Waals surface area contributed by atoms with E-state index < -0.39 is 23.8 Å². The molecular weight excluding hydrogens is 372 g/mol. The highest BCUT2D eigenvalue weighted by molar-refractivity contribution is 6.23. The molecule has 5 rings (SSSR count). The third kappa shape index (κ3) is 3.07. The molecule has 2 unspecified atom stereocenters. The Hall–Kier alpha value is -2.58. The van der Waals surface area contributed by atoms with Crippen molar-refractivity contribution in [1.29, 1.82) is 0 Å². The molecule has 1 saturated carbocycles. The lowest BCUT2D eigenvalue weighted by molar-refractivity contribution is -0.136. The summed E-state index contributed by atoms with van der Waals surface area (Å²) in [7, 11) is 0. The van der Waals surface area contributed by atoms with Gasteiger partial charge in [0, 0.05) is 24.5 Å². The summed E-state index contributed by atoms with van der Waals surface area (Å²) in [5.41, 5.74) is 1.84. The second kappa shape index (κ2) is 6.74. The molecule has 8 heteroatoms. The largest absolute Gasteiger partial charge is 0.310 e. The van der Waals surface area contributed by atoms with E-state index >= 15 is 0 Å². The van der Waals surface area contributed by atoms with Crippen LogP contribution in [0.5, 0.6) is 0 Å². The Balaban J connectivity index is 1.32. The molecule has 2 saturated heterocycles. The number of piperidine rings is 2. The van der Waals surface area contributed by atoms with Crippen molar-refractivity contribution in [3.63, 3.8) is 0 Å². The maximum absolute atomic E-state index is 12.9. The summed E-state index contributed by atoms with van der Waals surface area (Å²) in [5.74, 6) is -1.88. The Morgan fingerprint density at radius 2 is 1.86 bits per heavy atom. The van der Waals surface area contributed by atoms with Crippen molar-refractivity contribution in [2.24, 2.45) is 0 Å². The van der Waals surface area contributed by atoms with E-state index in [1.54, 1.807) is 12.1 Å². The van der Waals surface area contributed by atoms with Gasteiger partial charge in [0.25, 0.3) is 11.8 Å². The number of imide groups is 2. The van der Waals surface area contributed by atoms with Gasteiger partial charge in [0.1, 0.15) is 6.04 Å². The van der Waals surface area contributed by atoms with Gasteiger partial charge in [0.2, 0.25) is 11.8 Å². The van der Waals surface area contributed by atoms with E-state index in [4.69, 9.17) is 0 Å². The highest BCUT2D eigenvalue weighted by atomic mass is 16.2. The maximum atomic E-state index is 12.9. The first kappa shape index (κ1) is 18.4. The van der Waals surface area contributed by atoms with Crippen LogP contribution in [0.4, 0.5) is 0 Å². The predicted molar refractivity (Wildman–Crippen MR) is 103 cm³/mol. The fraction of sp³-hybridized carbons (Fsp3) is 0.524. The molecule has 2 atom stereocenters. The summed E-state index contributed by atoms with van der Waals surface area (Å²) in [4.78, 5) is 50.2. The first-order valence-electron chi connectivity index (χ1n) is 10.3. The molecule has 1 aromatic rings. The molecule has 4 amide bonds. The minimum atomic E-state index is -0.926. The molecule has 0 bridgehead atoms. The van der Waals surface area contributed by atoms with Gasteiger partial charge in [-0.25, -0.2) is 0 Å². The number of hydrogen-bond acceptors (Lipinski definition) is 6. The minimum Gasteiger partial charge on any atom is -0.310 e. The molecule has 4 aliphatic rings. The highest BCUT2D eigenvalue weighted by Crippen LogP contribution is 2.42. The number of fused-ring (bicyclic) bond motifs is 1. The van der Waals surface area contributed by atoms with Gasteiger partial charge >= 0.3 is 0 Å². The van der Waals surface area contributed by atoms with Gasteiger partial charge in [-0.05, 0) is 56.3 Å². The number of rotatable bonds is 4. The summed E-state index contributed by atoms with van der Waals surface area (Å²) >= 11 is 0. The van der Waals surface area contributed by atoms with Crippen LogP contribution in [0.25, 0.3) is 0 Å². The SMILES string of the molecule is O=C1CCC(N2C(=O)c3ccc(CNC4CCCNC45CC5)cc3C2=O)C(=O)N1. The summed E-state index contributed by atoms with van der Waals surface area (Å²) in [6, 6.07) is 4.78. The third-order valence-electron chi connectivity index (χ3n) is 6.66. The smallest absolute Gasteiger partial charge is 0.262 e. The van der Waals surface area contributed by atoms with Crippen LogP contribution in [-0.2, 0) is 16.1 Å². The molecule has 152 valence electrons. The van der Waals surface area contributed by atoms with Crippen LogP contribution in [-0.4, -0.2) is 52.7 Å². The number of hydrogen-bond donors (Lipinski definition) is 3. The van der Waals surface area contributed by atoms with Crippen molar-refractivity contribution >= 4 is 23.6 Å². The number of nitrogens with one attached hydrogen (secondary N) is 3. The first-order chi connectivity index (χ1) is 14.0. The minimum absolute atomic E-state index is 0.121. The topological polar surface area (TPSA) is 108 Å².